The molecule has 12 heteroatoms. The number of sulfone groups is 1. The van der Waals surface area contributed by atoms with E-state index in [1.807, 2.05) is 11.0 Å². The van der Waals surface area contributed by atoms with Crippen LogP contribution >= 0.6 is 0 Å². The zero-order valence-corrected chi connectivity index (χ0v) is 16.8. The average Bonchev–Trinajstić information content (AvgIpc) is 3.21. The highest BCUT2D eigenvalue weighted by atomic mass is 32.2. The lowest BCUT2D eigenvalue weighted by Gasteiger charge is -2.40. The number of hydrogen-bond donors (Lipinski definition) is 1. The summed E-state index contributed by atoms with van der Waals surface area (Å²) in [6.45, 7) is 1.39. The van der Waals surface area contributed by atoms with E-state index in [1.54, 1.807) is 24.4 Å². The van der Waals surface area contributed by atoms with Gasteiger partial charge in [-0.3, -0.25) is 0 Å². The van der Waals surface area contributed by atoms with E-state index in [-0.39, 0.29) is 35.7 Å². The fourth-order valence-corrected chi connectivity index (χ4v) is 4.56. The topological polar surface area (TPSA) is 97.4 Å². The zero-order valence-electron chi connectivity index (χ0n) is 16.0. The number of halogens is 3. The number of nitrogens with one attached hydrogen (secondary N) is 1. The number of fused-ring (bicyclic) bond motifs is 4. The molecule has 1 unspecified atom stereocenters. The first-order valence-corrected chi connectivity index (χ1v) is 11.1. The van der Waals surface area contributed by atoms with Crippen molar-refractivity contribution >= 4 is 26.6 Å². The summed E-state index contributed by atoms with van der Waals surface area (Å²) in [6, 6.07) is 6.97. The zero-order chi connectivity index (χ0) is 21.8. The number of alkyl halides is 3. The summed E-state index contributed by atoms with van der Waals surface area (Å²) in [5.74, 6) is -0.945. The summed E-state index contributed by atoms with van der Waals surface area (Å²) in [5.41, 5.74) is -4.34. The Bertz CT molecular complexity index is 1260. The largest absolute Gasteiger partial charge is 0.497 e. The van der Waals surface area contributed by atoms with Crippen LogP contribution in [0.3, 0.4) is 0 Å². The minimum atomic E-state index is -5.46. The highest BCUT2D eigenvalue weighted by Crippen LogP contribution is 2.40. The Morgan fingerprint density at radius 1 is 1.19 bits per heavy atom. The second-order valence-electron chi connectivity index (χ2n) is 7.33. The van der Waals surface area contributed by atoms with E-state index >= 15 is 0 Å². The number of aromatic amines is 1. The van der Waals surface area contributed by atoms with E-state index in [4.69, 9.17) is 9.47 Å². The van der Waals surface area contributed by atoms with Crippen LogP contribution in [0.2, 0.25) is 0 Å². The molecule has 2 aliphatic heterocycles. The van der Waals surface area contributed by atoms with Crippen LogP contribution in [0.15, 0.2) is 30.5 Å². The van der Waals surface area contributed by atoms with Crippen LogP contribution in [0.1, 0.15) is 5.69 Å². The summed E-state index contributed by atoms with van der Waals surface area (Å²) in [5, 5.41) is 0.766. The molecule has 1 N–H and O–H groups in total. The van der Waals surface area contributed by atoms with Gasteiger partial charge in [0.05, 0.1) is 19.3 Å². The lowest BCUT2D eigenvalue weighted by molar-refractivity contribution is -0.0438. The fraction of sp³-hybridized carbons (Fsp3) is 0.368. The van der Waals surface area contributed by atoms with E-state index < -0.39 is 21.1 Å². The molecule has 1 fully saturated rings. The highest BCUT2D eigenvalue weighted by molar-refractivity contribution is 7.91. The number of aromatic nitrogens is 3. The maximum absolute atomic E-state index is 13.1. The first-order valence-electron chi connectivity index (χ1n) is 9.48. The van der Waals surface area contributed by atoms with Crippen molar-refractivity contribution in [1.29, 1.82) is 0 Å². The van der Waals surface area contributed by atoms with Crippen molar-refractivity contribution in [1.82, 2.24) is 15.0 Å². The van der Waals surface area contributed by atoms with E-state index in [9.17, 15) is 21.6 Å². The second-order valence-corrected chi connectivity index (χ2v) is 9.31. The number of ether oxygens (including phenoxy) is 2. The van der Waals surface area contributed by atoms with E-state index in [2.05, 4.69) is 15.0 Å². The Morgan fingerprint density at radius 3 is 2.84 bits per heavy atom. The molecule has 1 atom stereocenters. The second kappa shape index (κ2) is 7.09. The number of nitrogens with zero attached hydrogens (tertiary/aromatic N) is 3. The van der Waals surface area contributed by atoms with Crippen molar-refractivity contribution in [2.75, 3.05) is 31.3 Å². The molecule has 0 radical (unpaired) electrons. The van der Waals surface area contributed by atoms with Gasteiger partial charge in [0.25, 0.3) is 9.84 Å². The predicted octanol–water partition coefficient (Wildman–Crippen LogP) is 2.66. The quantitative estimate of drug-likeness (QED) is 0.650. The minimum Gasteiger partial charge on any atom is -0.486 e. The van der Waals surface area contributed by atoms with Crippen molar-refractivity contribution in [2.45, 2.75) is 17.3 Å². The van der Waals surface area contributed by atoms with Gasteiger partial charge in [-0.2, -0.15) is 13.2 Å². The van der Waals surface area contributed by atoms with Crippen molar-refractivity contribution in [3.8, 4) is 17.1 Å². The fourth-order valence-electron chi connectivity index (χ4n) is 3.84. The van der Waals surface area contributed by atoms with Gasteiger partial charge >= 0.3 is 5.51 Å². The maximum Gasteiger partial charge on any atom is 0.497 e. The molecule has 0 amide bonds. The number of rotatable bonds is 3. The SMILES string of the molecule is O=S(=O)(Cc1nc(-c2cccc3[nH]ccc23)nc2c1OCC1COCCN21)C(F)(F)F. The summed E-state index contributed by atoms with van der Waals surface area (Å²) in [7, 11) is -5.46. The molecule has 5 rings (SSSR count). The first kappa shape index (κ1) is 20.1. The number of H-pyrrole nitrogens is 1. The molecular formula is C19H17F3N4O4S. The Kier molecular flexibility index (Phi) is 4.59. The third-order valence-electron chi connectivity index (χ3n) is 5.35. The van der Waals surface area contributed by atoms with Gasteiger partial charge in [0.15, 0.2) is 17.4 Å². The van der Waals surface area contributed by atoms with E-state index in [0.29, 0.717) is 25.3 Å². The molecule has 3 aromatic rings. The van der Waals surface area contributed by atoms with Gasteiger partial charge in [-0.1, -0.05) is 12.1 Å². The van der Waals surface area contributed by atoms with Crippen LogP contribution in [0, 0.1) is 0 Å². The van der Waals surface area contributed by atoms with Crippen molar-refractivity contribution in [3.63, 3.8) is 0 Å². The molecule has 8 nitrogen and oxygen atoms in total. The number of benzene rings is 1. The summed E-state index contributed by atoms with van der Waals surface area (Å²) in [6.07, 6.45) is 1.72. The molecular weight excluding hydrogens is 437 g/mol. The molecule has 0 bridgehead atoms. The van der Waals surface area contributed by atoms with Crippen LogP contribution in [-0.2, 0) is 20.3 Å². The van der Waals surface area contributed by atoms with Gasteiger partial charge in [0.1, 0.15) is 18.1 Å². The molecule has 1 aromatic carbocycles. The minimum absolute atomic E-state index is 0.0315. The summed E-state index contributed by atoms with van der Waals surface area (Å²) >= 11 is 0. The molecule has 2 aliphatic rings. The Balaban J connectivity index is 1.71. The first-order chi connectivity index (χ1) is 14.7. The van der Waals surface area contributed by atoms with Gasteiger partial charge in [-0.05, 0) is 12.1 Å². The smallest absolute Gasteiger partial charge is 0.486 e. The normalized spacial score (nSPS) is 19.1. The Morgan fingerprint density at radius 2 is 2.03 bits per heavy atom. The monoisotopic (exact) mass is 454 g/mol. The highest BCUT2D eigenvalue weighted by Gasteiger charge is 2.47. The average molecular weight is 454 g/mol. The van der Waals surface area contributed by atoms with Crippen molar-refractivity contribution in [2.24, 2.45) is 0 Å². The number of morpholine rings is 1. The lowest BCUT2D eigenvalue weighted by atomic mass is 10.1. The molecule has 4 heterocycles. The van der Waals surface area contributed by atoms with Gasteiger partial charge in [0.2, 0.25) is 0 Å². The molecule has 2 aromatic heterocycles. The van der Waals surface area contributed by atoms with Crippen LogP contribution < -0.4 is 9.64 Å². The van der Waals surface area contributed by atoms with Gasteiger partial charge in [-0.25, -0.2) is 18.4 Å². The van der Waals surface area contributed by atoms with Crippen LogP contribution in [0.25, 0.3) is 22.3 Å². The number of hydrogen-bond acceptors (Lipinski definition) is 7. The van der Waals surface area contributed by atoms with Crippen LogP contribution in [0.4, 0.5) is 19.0 Å². The molecule has 31 heavy (non-hydrogen) atoms. The summed E-state index contributed by atoms with van der Waals surface area (Å²) < 4.78 is 74.3. The third kappa shape index (κ3) is 3.39. The molecule has 0 aliphatic carbocycles. The maximum atomic E-state index is 13.1. The van der Waals surface area contributed by atoms with E-state index in [1.165, 1.54) is 0 Å². The Labute approximate surface area is 174 Å². The molecule has 1 saturated heterocycles. The van der Waals surface area contributed by atoms with Crippen molar-refractivity contribution in [3.05, 3.63) is 36.2 Å². The molecule has 0 spiro atoms. The third-order valence-corrected chi connectivity index (χ3v) is 6.71. The van der Waals surface area contributed by atoms with Gasteiger partial charge in [0, 0.05) is 29.2 Å². The predicted molar refractivity (Wildman–Crippen MR) is 105 cm³/mol. The standard InChI is InChI=1S/C19H17F3N4O4S/c20-19(21,22)31(27,28)10-15-16-18(26-6-7-29-8-11(26)9-30-16)25-17(24-15)13-2-1-3-14-12(13)4-5-23-14/h1-5,11,23H,6-10H2. The number of anilines is 1. The molecule has 164 valence electrons. The summed E-state index contributed by atoms with van der Waals surface area (Å²) in [4.78, 5) is 13.8. The molecule has 0 saturated carbocycles. The lowest BCUT2D eigenvalue weighted by Crippen LogP contribution is -2.51. The van der Waals surface area contributed by atoms with Gasteiger partial charge < -0.3 is 19.4 Å². The van der Waals surface area contributed by atoms with Crippen LogP contribution in [-0.4, -0.2) is 61.3 Å². The Hall–Kier alpha value is -2.86. The van der Waals surface area contributed by atoms with Gasteiger partial charge in [-0.15, -0.1) is 0 Å². The van der Waals surface area contributed by atoms with Crippen LogP contribution in [0.5, 0.6) is 5.75 Å². The van der Waals surface area contributed by atoms with Crippen molar-refractivity contribution < 1.29 is 31.1 Å². The van der Waals surface area contributed by atoms with E-state index in [0.717, 1.165) is 10.9 Å².